The smallest absolute Gasteiger partial charge is 0.0649 e. The normalized spacial score (nSPS) is 13.0. The average molecular weight is 344 g/mol. The molecule has 0 aliphatic heterocycles. The highest BCUT2D eigenvalue weighted by Gasteiger charge is 2.22. The molecule has 24 heavy (non-hydrogen) atoms. The van der Waals surface area contributed by atoms with Crippen LogP contribution < -0.4 is 0 Å². The summed E-state index contributed by atoms with van der Waals surface area (Å²) in [6.07, 6.45) is 4.22. The fourth-order valence-electron chi connectivity index (χ4n) is 2.58. The molecule has 2 nitrogen and oxygen atoms in total. The van der Waals surface area contributed by atoms with E-state index in [1.807, 2.05) is 6.08 Å². The Kier molecular flexibility index (Phi) is 6.36. The van der Waals surface area contributed by atoms with Crippen molar-refractivity contribution in [2.75, 3.05) is 12.9 Å². The van der Waals surface area contributed by atoms with Crippen molar-refractivity contribution in [2.24, 2.45) is 5.41 Å². The maximum atomic E-state index is 6.06. The molecular weight excluding hydrogens is 314 g/mol. The van der Waals surface area contributed by atoms with Gasteiger partial charge in [-0.05, 0) is 49.9 Å². The van der Waals surface area contributed by atoms with Crippen LogP contribution in [0.3, 0.4) is 0 Å². The highest BCUT2D eigenvalue weighted by atomic mass is 32.2. The number of hydrogen-bond donors (Lipinski definition) is 0. The second-order valence-electron chi connectivity index (χ2n) is 6.78. The number of aromatic nitrogens is 1. The van der Waals surface area contributed by atoms with E-state index in [4.69, 9.17) is 4.74 Å². The Balaban J connectivity index is 2.08. The van der Waals surface area contributed by atoms with Gasteiger partial charge in [0.05, 0.1) is 12.7 Å². The van der Waals surface area contributed by atoms with E-state index >= 15 is 0 Å². The van der Waals surface area contributed by atoms with E-state index in [-0.39, 0.29) is 11.5 Å². The number of hydrogen-bond acceptors (Lipinski definition) is 2. The van der Waals surface area contributed by atoms with Gasteiger partial charge in [0.25, 0.3) is 0 Å². The Morgan fingerprint density at radius 3 is 2.46 bits per heavy atom. The SMILES string of the molecule is C=CC(C)(C)C(C)OCCn1c(C)ccc1-c1ccc(SC)cc1. The topological polar surface area (TPSA) is 14.2 Å². The summed E-state index contributed by atoms with van der Waals surface area (Å²) in [5, 5.41) is 0. The van der Waals surface area contributed by atoms with E-state index in [1.54, 1.807) is 11.8 Å². The third-order valence-electron chi connectivity index (χ3n) is 4.84. The molecule has 0 N–H and O–H groups in total. The first-order valence-electron chi connectivity index (χ1n) is 8.45. The summed E-state index contributed by atoms with van der Waals surface area (Å²) < 4.78 is 8.39. The van der Waals surface area contributed by atoms with Crippen LogP contribution in [0.5, 0.6) is 0 Å². The lowest BCUT2D eigenvalue weighted by atomic mass is 9.88. The van der Waals surface area contributed by atoms with Gasteiger partial charge >= 0.3 is 0 Å². The van der Waals surface area contributed by atoms with Gasteiger partial charge in [-0.3, -0.25) is 0 Å². The standard InChI is InChI=1S/C21H29NOS/c1-7-21(4,5)17(3)23-15-14-22-16(2)8-13-20(22)18-9-11-19(24-6)12-10-18/h7-13,17H,1,14-15H2,2-6H3. The summed E-state index contributed by atoms with van der Waals surface area (Å²) in [6.45, 7) is 14.0. The van der Waals surface area contributed by atoms with Crippen molar-refractivity contribution < 1.29 is 4.74 Å². The van der Waals surface area contributed by atoms with Gasteiger partial charge in [0.15, 0.2) is 0 Å². The third-order valence-corrected chi connectivity index (χ3v) is 5.58. The number of aryl methyl sites for hydroxylation is 1. The van der Waals surface area contributed by atoms with Crippen molar-refractivity contribution >= 4 is 11.8 Å². The zero-order chi connectivity index (χ0) is 17.7. The predicted octanol–water partition coefficient (Wildman–Crippen LogP) is 5.80. The van der Waals surface area contributed by atoms with Crippen molar-refractivity contribution in [3.63, 3.8) is 0 Å². The second-order valence-corrected chi connectivity index (χ2v) is 7.66. The van der Waals surface area contributed by atoms with E-state index in [0.29, 0.717) is 6.61 Å². The van der Waals surface area contributed by atoms with Gasteiger partial charge in [-0.2, -0.15) is 0 Å². The van der Waals surface area contributed by atoms with Crippen molar-refractivity contribution in [3.8, 4) is 11.3 Å². The van der Waals surface area contributed by atoms with Gasteiger partial charge < -0.3 is 9.30 Å². The molecule has 2 aromatic rings. The zero-order valence-electron chi connectivity index (χ0n) is 15.5. The molecule has 0 amide bonds. The van der Waals surface area contributed by atoms with Crippen molar-refractivity contribution in [3.05, 3.63) is 54.7 Å². The molecule has 1 aromatic heterocycles. The van der Waals surface area contributed by atoms with Gasteiger partial charge in [0.1, 0.15) is 0 Å². The summed E-state index contributed by atoms with van der Waals surface area (Å²) in [5.41, 5.74) is 3.75. The van der Waals surface area contributed by atoms with Crippen LogP contribution >= 0.6 is 11.8 Å². The lowest BCUT2D eigenvalue weighted by Crippen LogP contribution is -2.28. The Hall–Kier alpha value is -1.45. The van der Waals surface area contributed by atoms with E-state index in [2.05, 4.69) is 81.5 Å². The Morgan fingerprint density at radius 1 is 1.21 bits per heavy atom. The molecule has 2 rings (SSSR count). The summed E-state index contributed by atoms with van der Waals surface area (Å²) in [5.74, 6) is 0. The van der Waals surface area contributed by atoms with Crippen LogP contribution in [0.2, 0.25) is 0 Å². The minimum absolute atomic E-state index is 0.0117. The van der Waals surface area contributed by atoms with Gasteiger partial charge in [-0.15, -0.1) is 18.3 Å². The maximum absolute atomic E-state index is 6.06. The molecule has 0 bridgehead atoms. The lowest BCUT2D eigenvalue weighted by Gasteiger charge is -2.28. The van der Waals surface area contributed by atoms with E-state index in [1.165, 1.54) is 21.8 Å². The quantitative estimate of drug-likeness (QED) is 0.444. The number of thioether (sulfide) groups is 1. The molecule has 0 aliphatic rings. The lowest BCUT2D eigenvalue weighted by molar-refractivity contribution is 0.00382. The number of benzene rings is 1. The molecule has 0 saturated heterocycles. The molecule has 0 spiro atoms. The molecule has 0 saturated carbocycles. The summed E-state index contributed by atoms with van der Waals surface area (Å²) in [7, 11) is 0. The number of rotatable bonds is 8. The number of nitrogens with zero attached hydrogens (tertiary/aromatic N) is 1. The molecule has 1 atom stereocenters. The van der Waals surface area contributed by atoms with Crippen LogP contribution in [0.4, 0.5) is 0 Å². The first-order chi connectivity index (χ1) is 11.4. The molecule has 130 valence electrons. The molecule has 1 aromatic carbocycles. The molecule has 1 heterocycles. The fraction of sp³-hybridized carbons (Fsp3) is 0.429. The van der Waals surface area contributed by atoms with E-state index < -0.39 is 0 Å². The minimum atomic E-state index is -0.0117. The molecular formula is C21H29NOS. The summed E-state index contributed by atoms with van der Waals surface area (Å²) in [6, 6.07) is 13.1. The van der Waals surface area contributed by atoms with Crippen molar-refractivity contribution in [1.29, 1.82) is 0 Å². The summed E-state index contributed by atoms with van der Waals surface area (Å²) in [4.78, 5) is 1.29. The Morgan fingerprint density at radius 2 is 1.88 bits per heavy atom. The highest BCUT2D eigenvalue weighted by molar-refractivity contribution is 7.98. The van der Waals surface area contributed by atoms with Crippen molar-refractivity contribution in [2.45, 2.75) is 45.2 Å². The van der Waals surface area contributed by atoms with Crippen LogP contribution in [0.15, 0.2) is 53.9 Å². The van der Waals surface area contributed by atoms with Gasteiger partial charge in [-0.1, -0.05) is 32.1 Å². The molecule has 0 radical (unpaired) electrons. The monoisotopic (exact) mass is 343 g/mol. The average Bonchev–Trinajstić information content (AvgIpc) is 2.95. The highest BCUT2D eigenvalue weighted by Crippen LogP contribution is 2.26. The van der Waals surface area contributed by atoms with Crippen LogP contribution in [-0.2, 0) is 11.3 Å². The first kappa shape index (κ1) is 18.9. The first-order valence-corrected chi connectivity index (χ1v) is 9.67. The van der Waals surface area contributed by atoms with Gasteiger partial charge in [0.2, 0.25) is 0 Å². The van der Waals surface area contributed by atoms with Crippen molar-refractivity contribution in [1.82, 2.24) is 4.57 Å². The number of ether oxygens (including phenoxy) is 1. The predicted molar refractivity (Wildman–Crippen MR) is 106 cm³/mol. The minimum Gasteiger partial charge on any atom is -0.376 e. The fourth-order valence-corrected chi connectivity index (χ4v) is 2.99. The van der Waals surface area contributed by atoms with Crippen LogP contribution in [0, 0.1) is 12.3 Å². The van der Waals surface area contributed by atoms with Gasteiger partial charge in [0, 0.05) is 28.2 Å². The van der Waals surface area contributed by atoms with Crippen LogP contribution in [-0.4, -0.2) is 23.5 Å². The maximum Gasteiger partial charge on any atom is 0.0649 e. The van der Waals surface area contributed by atoms with Gasteiger partial charge in [-0.25, -0.2) is 0 Å². The van der Waals surface area contributed by atoms with E-state index in [0.717, 1.165) is 6.54 Å². The Bertz CT molecular complexity index is 670. The molecule has 0 fully saturated rings. The van der Waals surface area contributed by atoms with Crippen LogP contribution in [0.1, 0.15) is 26.5 Å². The zero-order valence-corrected chi connectivity index (χ0v) is 16.3. The Labute approximate surface area is 150 Å². The third kappa shape index (κ3) is 4.34. The second kappa shape index (κ2) is 8.09. The molecule has 0 aliphatic carbocycles. The molecule has 3 heteroatoms. The van der Waals surface area contributed by atoms with Crippen LogP contribution in [0.25, 0.3) is 11.3 Å². The molecule has 1 unspecified atom stereocenters. The van der Waals surface area contributed by atoms with E-state index in [9.17, 15) is 0 Å². The largest absolute Gasteiger partial charge is 0.376 e. The summed E-state index contributed by atoms with van der Waals surface area (Å²) >= 11 is 1.77.